The van der Waals surface area contributed by atoms with Crippen molar-refractivity contribution < 1.29 is 4.84 Å². The molecule has 0 amide bonds. The molecule has 0 unspecified atom stereocenters. The standard InChI is InChI=1S/C11H25NO/c1-5-7-9-12(10-8-6-2)13-11(3)4/h11H,5-10H2,1-4H3. The summed E-state index contributed by atoms with van der Waals surface area (Å²) < 4.78 is 0. The van der Waals surface area contributed by atoms with Crippen molar-refractivity contribution in [2.75, 3.05) is 13.1 Å². The maximum Gasteiger partial charge on any atom is 0.0737 e. The molecule has 0 radical (unpaired) electrons. The van der Waals surface area contributed by atoms with E-state index in [1.807, 2.05) is 0 Å². The maximum absolute atomic E-state index is 5.69. The Labute approximate surface area is 83.2 Å². The van der Waals surface area contributed by atoms with Gasteiger partial charge in [-0.25, -0.2) is 0 Å². The van der Waals surface area contributed by atoms with Crippen LogP contribution in [-0.4, -0.2) is 24.3 Å². The van der Waals surface area contributed by atoms with Gasteiger partial charge in [-0.2, -0.15) is 5.06 Å². The molecule has 0 heterocycles. The number of rotatable bonds is 8. The second kappa shape index (κ2) is 8.52. The van der Waals surface area contributed by atoms with Crippen molar-refractivity contribution in [3.63, 3.8) is 0 Å². The van der Waals surface area contributed by atoms with Crippen LogP contribution in [0.2, 0.25) is 0 Å². The molecule has 0 saturated heterocycles. The average Bonchev–Trinajstić information content (AvgIpc) is 2.09. The maximum atomic E-state index is 5.69. The fourth-order valence-electron chi connectivity index (χ4n) is 1.18. The highest BCUT2D eigenvalue weighted by atomic mass is 16.7. The Hall–Kier alpha value is -0.0800. The summed E-state index contributed by atoms with van der Waals surface area (Å²) in [6.45, 7) is 10.8. The van der Waals surface area contributed by atoms with E-state index in [9.17, 15) is 0 Å². The van der Waals surface area contributed by atoms with Crippen LogP contribution in [0.4, 0.5) is 0 Å². The van der Waals surface area contributed by atoms with E-state index in [1.54, 1.807) is 0 Å². The third kappa shape index (κ3) is 8.26. The van der Waals surface area contributed by atoms with E-state index in [-0.39, 0.29) is 0 Å². The van der Waals surface area contributed by atoms with Gasteiger partial charge in [0.05, 0.1) is 6.10 Å². The minimum absolute atomic E-state index is 0.314. The SMILES string of the molecule is CCCCN(CCCC)OC(C)C. The van der Waals surface area contributed by atoms with Gasteiger partial charge < -0.3 is 0 Å². The first kappa shape index (κ1) is 12.9. The fraction of sp³-hybridized carbons (Fsp3) is 1.00. The van der Waals surface area contributed by atoms with Gasteiger partial charge >= 0.3 is 0 Å². The number of hydroxylamine groups is 2. The predicted molar refractivity (Wildman–Crippen MR) is 57.6 cm³/mol. The molecule has 0 aliphatic rings. The normalized spacial score (nSPS) is 11.5. The van der Waals surface area contributed by atoms with Gasteiger partial charge in [0.15, 0.2) is 0 Å². The summed E-state index contributed by atoms with van der Waals surface area (Å²) in [5.41, 5.74) is 0. The molecule has 0 aliphatic heterocycles. The highest BCUT2D eigenvalue weighted by Gasteiger charge is 2.05. The lowest BCUT2D eigenvalue weighted by Gasteiger charge is -2.23. The summed E-state index contributed by atoms with van der Waals surface area (Å²) in [6, 6.07) is 0. The molecular formula is C11H25NO. The van der Waals surface area contributed by atoms with Crippen molar-refractivity contribution in [2.24, 2.45) is 0 Å². The van der Waals surface area contributed by atoms with E-state index in [2.05, 4.69) is 32.8 Å². The summed E-state index contributed by atoms with van der Waals surface area (Å²) in [5, 5.41) is 2.12. The lowest BCUT2D eigenvalue weighted by molar-refractivity contribution is -0.188. The van der Waals surface area contributed by atoms with Crippen molar-refractivity contribution in [3.8, 4) is 0 Å². The topological polar surface area (TPSA) is 12.5 Å². The average molecular weight is 187 g/mol. The van der Waals surface area contributed by atoms with Gasteiger partial charge in [-0.1, -0.05) is 26.7 Å². The van der Waals surface area contributed by atoms with E-state index in [1.165, 1.54) is 25.7 Å². The molecule has 0 aromatic heterocycles. The van der Waals surface area contributed by atoms with Crippen LogP contribution in [0.15, 0.2) is 0 Å². The summed E-state index contributed by atoms with van der Waals surface area (Å²) in [7, 11) is 0. The summed E-state index contributed by atoms with van der Waals surface area (Å²) in [4.78, 5) is 5.69. The number of nitrogens with zero attached hydrogens (tertiary/aromatic N) is 1. The Kier molecular flexibility index (Phi) is 8.46. The van der Waals surface area contributed by atoms with Crippen molar-refractivity contribution in [2.45, 2.75) is 59.5 Å². The van der Waals surface area contributed by atoms with Crippen LogP contribution in [0.3, 0.4) is 0 Å². The van der Waals surface area contributed by atoms with E-state index < -0.39 is 0 Å². The molecule has 0 saturated carbocycles. The summed E-state index contributed by atoms with van der Waals surface area (Å²) >= 11 is 0. The summed E-state index contributed by atoms with van der Waals surface area (Å²) in [5.74, 6) is 0. The first-order valence-electron chi connectivity index (χ1n) is 5.62. The van der Waals surface area contributed by atoms with Gasteiger partial charge in [0.2, 0.25) is 0 Å². The fourth-order valence-corrected chi connectivity index (χ4v) is 1.18. The lowest BCUT2D eigenvalue weighted by Crippen LogP contribution is -2.29. The van der Waals surface area contributed by atoms with E-state index in [4.69, 9.17) is 4.84 Å². The quantitative estimate of drug-likeness (QED) is 0.541. The monoisotopic (exact) mass is 187 g/mol. The first-order valence-corrected chi connectivity index (χ1v) is 5.62. The highest BCUT2D eigenvalue weighted by Crippen LogP contribution is 2.02. The molecular weight excluding hydrogens is 162 g/mol. The zero-order chi connectivity index (χ0) is 10.1. The van der Waals surface area contributed by atoms with Crippen LogP contribution in [0.25, 0.3) is 0 Å². The van der Waals surface area contributed by atoms with Gasteiger partial charge in [-0.15, -0.1) is 0 Å². The third-order valence-corrected chi connectivity index (χ3v) is 1.88. The molecule has 2 heteroatoms. The Balaban J connectivity index is 3.60. The van der Waals surface area contributed by atoms with Crippen LogP contribution in [0.5, 0.6) is 0 Å². The molecule has 0 fully saturated rings. The largest absolute Gasteiger partial charge is 0.296 e. The van der Waals surface area contributed by atoms with Gasteiger partial charge in [-0.3, -0.25) is 4.84 Å². The molecule has 2 nitrogen and oxygen atoms in total. The Morgan fingerprint density at radius 2 is 1.46 bits per heavy atom. The first-order chi connectivity index (χ1) is 6.20. The van der Waals surface area contributed by atoms with Gasteiger partial charge in [0.25, 0.3) is 0 Å². The van der Waals surface area contributed by atoms with Crippen molar-refractivity contribution >= 4 is 0 Å². The van der Waals surface area contributed by atoms with Crippen LogP contribution >= 0.6 is 0 Å². The highest BCUT2D eigenvalue weighted by molar-refractivity contribution is 4.48. The van der Waals surface area contributed by atoms with E-state index in [0.717, 1.165) is 13.1 Å². The van der Waals surface area contributed by atoms with Crippen molar-refractivity contribution in [1.82, 2.24) is 5.06 Å². The summed E-state index contributed by atoms with van der Waals surface area (Å²) in [6.07, 6.45) is 5.26. The second-order valence-electron chi connectivity index (χ2n) is 3.79. The molecule has 0 rings (SSSR count). The van der Waals surface area contributed by atoms with Gasteiger partial charge in [0.1, 0.15) is 0 Å². The molecule has 0 aromatic rings. The molecule has 0 atom stereocenters. The van der Waals surface area contributed by atoms with Crippen molar-refractivity contribution in [3.05, 3.63) is 0 Å². The zero-order valence-electron chi connectivity index (χ0n) is 9.68. The number of hydrogen-bond acceptors (Lipinski definition) is 2. The Bertz CT molecular complexity index is 96.3. The molecule has 0 spiro atoms. The molecule has 13 heavy (non-hydrogen) atoms. The third-order valence-electron chi connectivity index (χ3n) is 1.88. The van der Waals surface area contributed by atoms with Gasteiger partial charge in [0, 0.05) is 13.1 Å². The Morgan fingerprint density at radius 3 is 1.77 bits per heavy atom. The van der Waals surface area contributed by atoms with Crippen LogP contribution < -0.4 is 0 Å². The molecule has 0 N–H and O–H groups in total. The van der Waals surface area contributed by atoms with Crippen LogP contribution in [0.1, 0.15) is 53.4 Å². The molecule has 0 aromatic carbocycles. The zero-order valence-corrected chi connectivity index (χ0v) is 9.68. The lowest BCUT2D eigenvalue weighted by atomic mass is 10.3. The van der Waals surface area contributed by atoms with E-state index >= 15 is 0 Å². The second-order valence-corrected chi connectivity index (χ2v) is 3.79. The smallest absolute Gasteiger partial charge is 0.0737 e. The Morgan fingerprint density at radius 1 is 1.00 bits per heavy atom. The predicted octanol–water partition coefficient (Wildman–Crippen LogP) is 3.23. The van der Waals surface area contributed by atoms with Gasteiger partial charge in [-0.05, 0) is 26.7 Å². The number of hydrogen-bond donors (Lipinski definition) is 0. The van der Waals surface area contributed by atoms with E-state index in [0.29, 0.717) is 6.10 Å². The minimum Gasteiger partial charge on any atom is -0.296 e. The number of unbranched alkanes of at least 4 members (excludes halogenated alkanes) is 2. The van der Waals surface area contributed by atoms with Crippen molar-refractivity contribution in [1.29, 1.82) is 0 Å². The molecule has 0 bridgehead atoms. The molecule has 80 valence electrons. The molecule has 0 aliphatic carbocycles. The minimum atomic E-state index is 0.314. The van der Waals surface area contributed by atoms with Crippen LogP contribution in [0, 0.1) is 0 Å². The van der Waals surface area contributed by atoms with Crippen LogP contribution in [-0.2, 0) is 4.84 Å².